The predicted octanol–water partition coefficient (Wildman–Crippen LogP) is 2.65. The minimum atomic E-state index is -0.689. The topological polar surface area (TPSA) is 44.8 Å². The van der Waals surface area contributed by atoms with Gasteiger partial charge in [0.2, 0.25) is 0 Å². The molecule has 0 aromatic carbocycles. The second-order valence-electron chi connectivity index (χ2n) is 4.79. The van der Waals surface area contributed by atoms with Gasteiger partial charge in [0.05, 0.1) is 6.42 Å². The lowest BCUT2D eigenvalue weighted by Gasteiger charge is -2.26. The van der Waals surface area contributed by atoms with E-state index in [0.29, 0.717) is 12.8 Å². The van der Waals surface area contributed by atoms with Crippen LogP contribution in [-0.4, -0.2) is 32.1 Å². The molecule has 17 heavy (non-hydrogen) atoms. The lowest BCUT2D eigenvalue weighted by molar-refractivity contribution is -0.200. The summed E-state index contributed by atoms with van der Waals surface area (Å²) in [4.78, 5) is 11.7. The minimum absolute atomic E-state index is 0.132. The van der Waals surface area contributed by atoms with Crippen LogP contribution in [0.25, 0.3) is 0 Å². The molecule has 1 aliphatic carbocycles. The molecule has 1 saturated carbocycles. The van der Waals surface area contributed by atoms with Gasteiger partial charge in [-0.25, -0.2) is 0 Å². The van der Waals surface area contributed by atoms with Gasteiger partial charge in [0, 0.05) is 20.6 Å². The standard InChI is InChI=1S/C13H24O4/c1-13(15-2,16-3)10-9-12(14)17-11-7-5-4-6-8-11/h11H,4-10H2,1-3H3. The van der Waals surface area contributed by atoms with Gasteiger partial charge in [-0.05, 0) is 32.6 Å². The molecule has 0 heterocycles. The van der Waals surface area contributed by atoms with E-state index in [9.17, 15) is 4.79 Å². The zero-order valence-corrected chi connectivity index (χ0v) is 11.2. The Morgan fingerprint density at radius 3 is 2.29 bits per heavy atom. The Labute approximate surface area is 104 Å². The first-order chi connectivity index (χ1) is 8.09. The van der Waals surface area contributed by atoms with Crippen LogP contribution in [0.3, 0.4) is 0 Å². The van der Waals surface area contributed by atoms with E-state index in [1.807, 2.05) is 6.92 Å². The summed E-state index contributed by atoms with van der Waals surface area (Å²) in [6.45, 7) is 1.82. The van der Waals surface area contributed by atoms with Crippen LogP contribution in [0, 0.1) is 0 Å². The molecule has 0 atom stereocenters. The highest BCUT2D eigenvalue weighted by Crippen LogP contribution is 2.22. The van der Waals surface area contributed by atoms with E-state index in [2.05, 4.69) is 0 Å². The third-order valence-corrected chi connectivity index (χ3v) is 3.50. The maximum absolute atomic E-state index is 11.7. The third kappa shape index (κ3) is 5.04. The molecule has 1 rings (SSSR count). The summed E-state index contributed by atoms with van der Waals surface area (Å²) in [7, 11) is 3.16. The molecule has 4 heteroatoms. The summed E-state index contributed by atoms with van der Waals surface area (Å²) >= 11 is 0. The number of carbonyl (C=O) groups excluding carboxylic acids is 1. The monoisotopic (exact) mass is 244 g/mol. The van der Waals surface area contributed by atoms with Crippen molar-refractivity contribution in [3.63, 3.8) is 0 Å². The number of methoxy groups -OCH3 is 2. The molecule has 0 bridgehead atoms. The Morgan fingerprint density at radius 1 is 1.18 bits per heavy atom. The van der Waals surface area contributed by atoms with Gasteiger partial charge in [0.25, 0.3) is 0 Å². The lowest BCUT2D eigenvalue weighted by atomic mass is 9.98. The SMILES string of the molecule is COC(C)(CCC(=O)OC1CCCCC1)OC. The molecule has 1 fully saturated rings. The molecule has 1 aliphatic rings. The average Bonchev–Trinajstić information content (AvgIpc) is 2.37. The summed E-state index contributed by atoms with van der Waals surface area (Å²) in [5.74, 6) is -0.830. The van der Waals surface area contributed by atoms with E-state index < -0.39 is 5.79 Å². The summed E-state index contributed by atoms with van der Waals surface area (Å²) in [5.41, 5.74) is 0. The van der Waals surface area contributed by atoms with Crippen molar-refractivity contribution < 1.29 is 19.0 Å². The maximum Gasteiger partial charge on any atom is 0.306 e. The largest absolute Gasteiger partial charge is 0.462 e. The van der Waals surface area contributed by atoms with E-state index in [1.54, 1.807) is 14.2 Å². The fraction of sp³-hybridized carbons (Fsp3) is 0.923. The Morgan fingerprint density at radius 2 is 1.76 bits per heavy atom. The van der Waals surface area contributed by atoms with Gasteiger partial charge in [-0.1, -0.05) is 6.42 Å². The van der Waals surface area contributed by atoms with Gasteiger partial charge in [0.15, 0.2) is 5.79 Å². The molecule has 100 valence electrons. The van der Waals surface area contributed by atoms with Gasteiger partial charge < -0.3 is 14.2 Å². The van der Waals surface area contributed by atoms with E-state index in [4.69, 9.17) is 14.2 Å². The molecule has 0 unspecified atom stereocenters. The minimum Gasteiger partial charge on any atom is -0.462 e. The molecule has 0 aliphatic heterocycles. The molecular weight excluding hydrogens is 220 g/mol. The Bertz CT molecular complexity index is 230. The predicted molar refractivity (Wildman–Crippen MR) is 64.6 cm³/mol. The number of esters is 1. The van der Waals surface area contributed by atoms with Crippen LogP contribution in [-0.2, 0) is 19.0 Å². The first-order valence-electron chi connectivity index (χ1n) is 6.39. The number of carbonyl (C=O) groups is 1. The Balaban J connectivity index is 2.24. The van der Waals surface area contributed by atoms with Crippen LogP contribution < -0.4 is 0 Å². The highest BCUT2D eigenvalue weighted by atomic mass is 16.7. The van der Waals surface area contributed by atoms with Crippen LogP contribution in [0.15, 0.2) is 0 Å². The summed E-state index contributed by atoms with van der Waals surface area (Å²) < 4.78 is 15.8. The van der Waals surface area contributed by atoms with Crippen molar-refractivity contribution in [3.8, 4) is 0 Å². The second kappa shape index (κ2) is 6.97. The second-order valence-corrected chi connectivity index (χ2v) is 4.79. The van der Waals surface area contributed by atoms with Gasteiger partial charge in [0.1, 0.15) is 6.10 Å². The van der Waals surface area contributed by atoms with E-state index in [1.165, 1.54) is 19.3 Å². The Hall–Kier alpha value is -0.610. The molecule has 4 nitrogen and oxygen atoms in total. The lowest BCUT2D eigenvalue weighted by Crippen LogP contribution is -2.31. The highest BCUT2D eigenvalue weighted by Gasteiger charge is 2.25. The normalized spacial score (nSPS) is 18.1. The number of rotatable bonds is 6. The van der Waals surface area contributed by atoms with Crippen molar-refractivity contribution >= 4 is 5.97 Å². The molecule has 0 N–H and O–H groups in total. The summed E-state index contributed by atoms with van der Waals surface area (Å²) in [6, 6.07) is 0. The number of hydrogen-bond acceptors (Lipinski definition) is 4. The zero-order chi connectivity index (χ0) is 12.7. The molecule has 0 amide bonds. The molecule has 0 saturated heterocycles. The van der Waals surface area contributed by atoms with Crippen molar-refractivity contribution in [2.24, 2.45) is 0 Å². The van der Waals surface area contributed by atoms with E-state index >= 15 is 0 Å². The third-order valence-electron chi connectivity index (χ3n) is 3.50. The fourth-order valence-electron chi connectivity index (χ4n) is 2.04. The van der Waals surface area contributed by atoms with Crippen LogP contribution >= 0.6 is 0 Å². The molecule has 0 radical (unpaired) electrons. The van der Waals surface area contributed by atoms with E-state index in [0.717, 1.165) is 12.8 Å². The quantitative estimate of drug-likeness (QED) is 0.532. The maximum atomic E-state index is 11.7. The first kappa shape index (κ1) is 14.5. The molecule has 0 aromatic heterocycles. The molecule has 0 spiro atoms. The fourth-order valence-corrected chi connectivity index (χ4v) is 2.04. The van der Waals surface area contributed by atoms with Gasteiger partial charge in [-0.15, -0.1) is 0 Å². The Kier molecular flexibility index (Phi) is 5.92. The summed E-state index contributed by atoms with van der Waals surface area (Å²) in [6.07, 6.45) is 6.62. The number of ether oxygens (including phenoxy) is 3. The van der Waals surface area contributed by atoms with E-state index in [-0.39, 0.29) is 12.1 Å². The van der Waals surface area contributed by atoms with Crippen molar-refractivity contribution in [2.75, 3.05) is 14.2 Å². The highest BCUT2D eigenvalue weighted by molar-refractivity contribution is 5.69. The first-order valence-corrected chi connectivity index (χ1v) is 6.39. The average molecular weight is 244 g/mol. The van der Waals surface area contributed by atoms with Crippen LogP contribution in [0.5, 0.6) is 0 Å². The van der Waals surface area contributed by atoms with Gasteiger partial charge >= 0.3 is 5.97 Å². The van der Waals surface area contributed by atoms with Gasteiger partial charge in [-0.2, -0.15) is 0 Å². The van der Waals surface area contributed by atoms with Crippen molar-refractivity contribution in [2.45, 2.75) is 63.8 Å². The van der Waals surface area contributed by atoms with Crippen LogP contribution in [0.2, 0.25) is 0 Å². The number of hydrogen-bond donors (Lipinski definition) is 0. The summed E-state index contributed by atoms with van der Waals surface area (Å²) in [5, 5.41) is 0. The van der Waals surface area contributed by atoms with Crippen LogP contribution in [0.1, 0.15) is 51.9 Å². The van der Waals surface area contributed by atoms with Crippen molar-refractivity contribution in [3.05, 3.63) is 0 Å². The smallest absolute Gasteiger partial charge is 0.306 e. The van der Waals surface area contributed by atoms with Crippen molar-refractivity contribution in [1.29, 1.82) is 0 Å². The van der Waals surface area contributed by atoms with Crippen molar-refractivity contribution in [1.82, 2.24) is 0 Å². The van der Waals surface area contributed by atoms with Gasteiger partial charge in [-0.3, -0.25) is 4.79 Å². The molecule has 0 aromatic rings. The molecular formula is C13H24O4. The van der Waals surface area contributed by atoms with Crippen LogP contribution in [0.4, 0.5) is 0 Å². The zero-order valence-electron chi connectivity index (χ0n) is 11.2.